The summed E-state index contributed by atoms with van der Waals surface area (Å²) in [7, 11) is 0. The molecule has 0 saturated heterocycles. The Morgan fingerprint density at radius 2 is 1.85 bits per heavy atom. The summed E-state index contributed by atoms with van der Waals surface area (Å²) in [5, 5.41) is 24.5. The molecule has 0 aliphatic heterocycles. The normalized spacial score (nSPS) is 13.1. The molecule has 2 heterocycles. The Bertz CT molecular complexity index is 1370. The molecule has 0 bridgehead atoms. The average molecular weight is 477 g/mol. The molecule has 0 radical (unpaired) electrons. The van der Waals surface area contributed by atoms with E-state index < -0.39 is 6.10 Å². The predicted molar refractivity (Wildman–Crippen MR) is 136 cm³/mol. The molecule has 176 valence electrons. The van der Waals surface area contributed by atoms with Gasteiger partial charge in [-0.05, 0) is 35.6 Å². The number of aliphatic hydroxyl groups is 1. The van der Waals surface area contributed by atoms with Crippen LogP contribution in [-0.2, 0) is 12.0 Å². The third-order valence-corrected chi connectivity index (χ3v) is 6.47. The standard InChI is InChI=1S/C25H28N6O2S/c1-17-28-29-24(31(17)27-13-18-9-11-19(12-10-18)25(2,3)4)34-15-20(32)14-30-16-26-22-8-6-5-7-21(22)23(30)33/h5-13,16,20,32H,14-15H2,1-4H3. The van der Waals surface area contributed by atoms with Crippen LogP contribution in [0.3, 0.4) is 0 Å². The van der Waals surface area contributed by atoms with Crippen LogP contribution in [0.5, 0.6) is 0 Å². The van der Waals surface area contributed by atoms with Crippen molar-refractivity contribution in [2.75, 3.05) is 5.75 Å². The lowest BCUT2D eigenvalue weighted by atomic mass is 9.87. The number of hydrogen-bond acceptors (Lipinski definition) is 7. The van der Waals surface area contributed by atoms with E-state index in [-0.39, 0.29) is 17.5 Å². The molecular weight excluding hydrogens is 448 g/mol. The number of para-hydroxylation sites is 1. The van der Waals surface area contributed by atoms with Gasteiger partial charge in [-0.25, -0.2) is 4.98 Å². The van der Waals surface area contributed by atoms with Gasteiger partial charge in [0, 0.05) is 5.75 Å². The SMILES string of the molecule is Cc1nnc(SCC(O)Cn2cnc3ccccc3c2=O)n1N=Cc1ccc(C(C)(C)C)cc1. The lowest BCUT2D eigenvalue weighted by molar-refractivity contribution is 0.176. The second kappa shape index (κ2) is 9.90. The molecule has 0 saturated carbocycles. The number of benzene rings is 2. The molecule has 0 fully saturated rings. The summed E-state index contributed by atoms with van der Waals surface area (Å²) >= 11 is 1.34. The fourth-order valence-corrected chi connectivity index (χ4v) is 4.29. The number of aliphatic hydroxyl groups excluding tert-OH is 1. The molecule has 9 heteroatoms. The Balaban J connectivity index is 1.42. The highest BCUT2D eigenvalue weighted by Crippen LogP contribution is 2.22. The minimum absolute atomic E-state index is 0.0965. The van der Waals surface area contributed by atoms with Crippen LogP contribution >= 0.6 is 11.8 Å². The van der Waals surface area contributed by atoms with Gasteiger partial charge in [-0.3, -0.25) is 9.36 Å². The summed E-state index contributed by atoms with van der Waals surface area (Å²) in [5.74, 6) is 0.974. The highest BCUT2D eigenvalue weighted by molar-refractivity contribution is 7.99. The minimum atomic E-state index is -0.773. The van der Waals surface area contributed by atoms with Crippen LogP contribution in [0.25, 0.3) is 10.9 Å². The van der Waals surface area contributed by atoms with Gasteiger partial charge in [0.25, 0.3) is 5.56 Å². The third-order valence-electron chi connectivity index (χ3n) is 5.41. The zero-order valence-corrected chi connectivity index (χ0v) is 20.5. The predicted octanol–water partition coefficient (Wildman–Crippen LogP) is 3.63. The van der Waals surface area contributed by atoms with Gasteiger partial charge in [-0.2, -0.15) is 9.78 Å². The van der Waals surface area contributed by atoms with E-state index in [9.17, 15) is 9.90 Å². The van der Waals surface area contributed by atoms with Crippen molar-refractivity contribution in [2.45, 2.75) is 50.9 Å². The molecular formula is C25H28N6O2S. The molecule has 4 aromatic rings. The second-order valence-corrected chi connectivity index (χ2v) is 10.1. The Hall–Kier alpha value is -3.30. The first kappa shape index (κ1) is 23.8. The fraction of sp³-hybridized carbons (Fsp3) is 0.320. The topological polar surface area (TPSA) is 98.2 Å². The Morgan fingerprint density at radius 3 is 2.59 bits per heavy atom. The molecule has 0 aliphatic carbocycles. The van der Waals surface area contributed by atoms with Crippen LogP contribution < -0.4 is 5.56 Å². The summed E-state index contributed by atoms with van der Waals surface area (Å²) in [6, 6.07) is 15.5. The minimum Gasteiger partial charge on any atom is -0.390 e. The number of thioether (sulfide) groups is 1. The van der Waals surface area contributed by atoms with Gasteiger partial charge in [0.15, 0.2) is 5.82 Å². The summed E-state index contributed by atoms with van der Waals surface area (Å²) in [4.78, 5) is 17.0. The van der Waals surface area contributed by atoms with E-state index in [1.807, 2.05) is 25.1 Å². The van der Waals surface area contributed by atoms with Crippen LogP contribution in [0.4, 0.5) is 0 Å². The Morgan fingerprint density at radius 1 is 1.12 bits per heavy atom. The molecule has 0 spiro atoms. The van der Waals surface area contributed by atoms with Crippen molar-refractivity contribution < 1.29 is 5.11 Å². The lowest BCUT2D eigenvalue weighted by Gasteiger charge is -2.18. The monoisotopic (exact) mass is 476 g/mol. The van der Waals surface area contributed by atoms with Crippen molar-refractivity contribution >= 4 is 28.9 Å². The van der Waals surface area contributed by atoms with Gasteiger partial charge in [0.05, 0.1) is 36.1 Å². The number of hydrogen-bond donors (Lipinski definition) is 1. The molecule has 1 unspecified atom stereocenters. The molecule has 8 nitrogen and oxygen atoms in total. The van der Waals surface area contributed by atoms with Crippen LogP contribution in [0.15, 0.2) is 69.9 Å². The fourth-order valence-electron chi connectivity index (χ4n) is 3.44. The molecule has 1 atom stereocenters. The van der Waals surface area contributed by atoms with E-state index in [0.29, 0.717) is 27.6 Å². The summed E-state index contributed by atoms with van der Waals surface area (Å²) < 4.78 is 3.09. The first-order valence-corrected chi connectivity index (χ1v) is 12.0. The summed E-state index contributed by atoms with van der Waals surface area (Å²) in [6.45, 7) is 8.51. The van der Waals surface area contributed by atoms with E-state index >= 15 is 0 Å². The quantitative estimate of drug-likeness (QED) is 0.323. The highest BCUT2D eigenvalue weighted by atomic mass is 32.2. The lowest BCUT2D eigenvalue weighted by Crippen LogP contribution is -2.28. The number of aromatic nitrogens is 5. The van der Waals surface area contributed by atoms with Gasteiger partial charge in [0.1, 0.15) is 0 Å². The van der Waals surface area contributed by atoms with Crippen LogP contribution in [-0.4, -0.2) is 47.6 Å². The van der Waals surface area contributed by atoms with Gasteiger partial charge in [0.2, 0.25) is 5.16 Å². The van der Waals surface area contributed by atoms with Crippen molar-refractivity contribution in [1.82, 2.24) is 24.4 Å². The van der Waals surface area contributed by atoms with Gasteiger partial charge >= 0.3 is 0 Å². The highest BCUT2D eigenvalue weighted by Gasteiger charge is 2.15. The van der Waals surface area contributed by atoms with E-state index in [4.69, 9.17) is 0 Å². The third kappa shape index (κ3) is 5.43. The van der Waals surface area contributed by atoms with E-state index in [1.54, 1.807) is 29.1 Å². The summed E-state index contributed by atoms with van der Waals surface area (Å²) in [6.07, 6.45) is 2.47. The molecule has 1 N–H and O–H groups in total. The van der Waals surface area contributed by atoms with E-state index in [0.717, 1.165) is 5.56 Å². The number of nitrogens with zero attached hydrogens (tertiary/aromatic N) is 6. The Kier molecular flexibility index (Phi) is 6.95. The molecule has 34 heavy (non-hydrogen) atoms. The van der Waals surface area contributed by atoms with Gasteiger partial charge < -0.3 is 5.11 Å². The van der Waals surface area contributed by atoms with Crippen molar-refractivity contribution in [1.29, 1.82) is 0 Å². The molecule has 2 aromatic carbocycles. The number of fused-ring (bicyclic) bond motifs is 1. The number of aryl methyl sites for hydroxylation is 1. The van der Waals surface area contributed by atoms with E-state index in [2.05, 4.69) is 53.2 Å². The number of rotatable bonds is 7. The van der Waals surface area contributed by atoms with Crippen molar-refractivity contribution in [3.63, 3.8) is 0 Å². The van der Waals surface area contributed by atoms with Crippen LogP contribution in [0, 0.1) is 6.92 Å². The second-order valence-electron chi connectivity index (χ2n) is 9.14. The smallest absolute Gasteiger partial charge is 0.261 e. The molecule has 2 aromatic heterocycles. The van der Waals surface area contributed by atoms with E-state index in [1.165, 1.54) is 28.2 Å². The van der Waals surface area contributed by atoms with Gasteiger partial charge in [-0.15, -0.1) is 10.2 Å². The van der Waals surface area contributed by atoms with Crippen LogP contribution in [0.2, 0.25) is 0 Å². The van der Waals surface area contributed by atoms with Crippen LogP contribution in [0.1, 0.15) is 37.7 Å². The average Bonchev–Trinajstić information content (AvgIpc) is 3.17. The van der Waals surface area contributed by atoms with Crippen molar-refractivity contribution in [3.05, 3.63) is 82.2 Å². The maximum Gasteiger partial charge on any atom is 0.261 e. The Labute approximate surface area is 202 Å². The zero-order chi connectivity index (χ0) is 24.3. The molecule has 0 aliphatic rings. The zero-order valence-electron chi connectivity index (χ0n) is 19.7. The maximum absolute atomic E-state index is 12.7. The van der Waals surface area contributed by atoms with Crippen molar-refractivity contribution in [2.24, 2.45) is 5.10 Å². The first-order valence-electron chi connectivity index (χ1n) is 11.0. The van der Waals surface area contributed by atoms with Crippen molar-refractivity contribution in [3.8, 4) is 0 Å². The van der Waals surface area contributed by atoms with Gasteiger partial charge in [-0.1, -0.05) is 68.9 Å². The first-order chi connectivity index (χ1) is 16.2. The molecule has 4 rings (SSSR count). The molecule has 0 amide bonds. The summed E-state index contributed by atoms with van der Waals surface area (Å²) in [5.41, 5.74) is 2.80. The maximum atomic E-state index is 12.7. The largest absolute Gasteiger partial charge is 0.390 e.